The standard InChI is InChI=1S/C16H23NO2/c1-11-8-14(13-6-4-3-5-7-13)10-15(9-11)17-12(2)16(18)19/h3-7,11-12,14-15,17H,8-10H2,1-2H3,(H,18,19). The molecule has 0 amide bonds. The van der Waals surface area contributed by atoms with Gasteiger partial charge in [0.2, 0.25) is 0 Å². The van der Waals surface area contributed by atoms with Crippen molar-refractivity contribution < 1.29 is 9.90 Å². The Labute approximate surface area is 115 Å². The maximum atomic E-state index is 10.9. The monoisotopic (exact) mass is 261 g/mol. The van der Waals surface area contributed by atoms with Crippen LogP contribution in [0, 0.1) is 5.92 Å². The summed E-state index contributed by atoms with van der Waals surface area (Å²) in [6.07, 6.45) is 3.30. The Balaban J connectivity index is 2.02. The molecular weight excluding hydrogens is 238 g/mol. The van der Waals surface area contributed by atoms with E-state index in [0.717, 1.165) is 12.8 Å². The highest BCUT2D eigenvalue weighted by Crippen LogP contribution is 2.36. The summed E-state index contributed by atoms with van der Waals surface area (Å²) in [7, 11) is 0. The topological polar surface area (TPSA) is 49.3 Å². The minimum atomic E-state index is -0.769. The van der Waals surface area contributed by atoms with Gasteiger partial charge in [0.15, 0.2) is 0 Å². The van der Waals surface area contributed by atoms with Gasteiger partial charge in [-0.25, -0.2) is 0 Å². The smallest absolute Gasteiger partial charge is 0.320 e. The summed E-state index contributed by atoms with van der Waals surface area (Å²) in [5.41, 5.74) is 1.38. The van der Waals surface area contributed by atoms with Gasteiger partial charge in [0, 0.05) is 6.04 Å². The Morgan fingerprint density at radius 2 is 1.95 bits per heavy atom. The van der Waals surface area contributed by atoms with E-state index in [1.54, 1.807) is 6.92 Å². The van der Waals surface area contributed by atoms with Gasteiger partial charge in [-0.3, -0.25) is 4.79 Å². The quantitative estimate of drug-likeness (QED) is 0.876. The molecule has 0 saturated heterocycles. The van der Waals surface area contributed by atoms with Crippen LogP contribution >= 0.6 is 0 Å². The van der Waals surface area contributed by atoms with E-state index < -0.39 is 12.0 Å². The highest BCUT2D eigenvalue weighted by molar-refractivity contribution is 5.72. The number of hydrogen-bond acceptors (Lipinski definition) is 2. The predicted octanol–water partition coefficient (Wildman–Crippen LogP) is 3.02. The fourth-order valence-corrected chi connectivity index (χ4v) is 3.16. The van der Waals surface area contributed by atoms with Crippen LogP contribution in [0.25, 0.3) is 0 Å². The fraction of sp³-hybridized carbons (Fsp3) is 0.562. The molecule has 0 radical (unpaired) electrons. The molecule has 19 heavy (non-hydrogen) atoms. The van der Waals surface area contributed by atoms with Crippen molar-refractivity contribution in [2.45, 2.75) is 51.1 Å². The van der Waals surface area contributed by atoms with E-state index >= 15 is 0 Å². The zero-order chi connectivity index (χ0) is 13.8. The molecule has 1 saturated carbocycles. The third-order valence-corrected chi connectivity index (χ3v) is 4.07. The molecule has 4 atom stereocenters. The van der Waals surface area contributed by atoms with Gasteiger partial charge in [-0.2, -0.15) is 0 Å². The van der Waals surface area contributed by atoms with Gasteiger partial charge in [-0.1, -0.05) is 37.3 Å². The van der Waals surface area contributed by atoms with E-state index in [-0.39, 0.29) is 0 Å². The molecule has 2 rings (SSSR count). The van der Waals surface area contributed by atoms with E-state index in [4.69, 9.17) is 5.11 Å². The van der Waals surface area contributed by atoms with Crippen molar-refractivity contribution in [3.8, 4) is 0 Å². The molecule has 0 aromatic heterocycles. The first-order valence-electron chi connectivity index (χ1n) is 7.10. The second-order valence-electron chi connectivity index (χ2n) is 5.84. The van der Waals surface area contributed by atoms with E-state index in [9.17, 15) is 4.79 Å². The molecule has 0 heterocycles. The Morgan fingerprint density at radius 3 is 2.58 bits per heavy atom. The molecule has 0 spiro atoms. The summed E-state index contributed by atoms with van der Waals surface area (Å²) in [6, 6.07) is 10.4. The summed E-state index contributed by atoms with van der Waals surface area (Å²) in [6.45, 7) is 3.98. The zero-order valence-corrected chi connectivity index (χ0v) is 11.7. The average molecular weight is 261 g/mol. The van der Waals surface area contributed by atoms with Crippen molar-refractivity contribution in [2.75, 3.05) is 0 Å². The van der Waals surface area contributed by atoms with E-state index in [1.807, 2.05) is 6.07 Å². The van der Waals surface area contributed by atoms with Gasteiger partial charge in [-0.05, 0) is 43.6 Å². The molecule has 1 aliphatic rings. The molecule has 2 N–H and O–H groups in total. The van der Waals surface area contributed by atoms with Crippen LogP contribution in [-0.4, -0.2) is 23.2 Å². The van der Waals surface area contributed by atoms with Crippen LogP contribution in [0.5, 0.6) is 0 Å². The van der Waals surface area contributed by atoms with Gasteiger partial charge in [0.05, 0.1) is 0 Å². The molecule has 1 fully saturated rings. The van der Waals surface area contributed by atoms with Crippen LogP contribution in [0.3, 0.4) is 0 Å². The van der Waals surface area contributed by atoms with Crippen LogP contribution < -0.4 is 5.32 Å². The van der Waals surface area contributed by atoms with Crippen molar-refractivity contribution >= 4 is 5.97 Å². The van der Waals surface area contributed by atoms with Crippen molar-refractivity contribution in [1.82, 2.24) is 5.32 Å². The van der Waals surface area contributed by atoms with Crippen LogP contribution in [-0.2, 0) is 4.79 Å². The number of carboxylic acids is 1. The minimum absolute atomic E-state index is 0.306. The molecule has 104 valence electrons. The number of rotatable bonds is 4. The lowest BCUT2D eigenvalue weighted by Gasteiger charge is -2.35. The molecule has 1 aromatic carbocycles. The lowest BCUT2D eigenvalue weighted by molar-refractivity contribution is -0.139. The third kappa shape index (κ3) is 3.80. The van der Waals surface area contributed by atoms with Crippen molar-refractivity contribution in [2.24, 2.45) is 5.92 Å². The largest absolute Gasteiger partial charge is 0.480 e. The van der Waals surface area contributed by atoms with Gasteiger partial charge < -0.3 is 10.4 Å². The molecule has 1 aliphatic carbocycles. The number of nitrogens with one attached hydrogen (secondary N) is 1. The zero-order valence-electron chi connectivity index (χ0n) is 11.7. The second-order valence-corrected chi connectivity index (χ2v) is 5.84. The molecular formula is C16H23NO2. The second kappa shape index (κ2) is 6.20. The maximum Gasteiger partial charge on any atom is 0.320 e. The SMILES string of the molecule is CC1CC(NC(C)C(=O)O)CC(c2ccccc2)C1. The maximum absolute atomic E-state index is 10.9. The molecule has 0 bridgehead atoms. The average Bonchev–Trinajstić information content (AvgIpc) is 2.39. The van der Waals surface area contributed by atoms with Crippen LogP contribution in [0.15, 0.2) is 30.3 Å². The molecule has 3 heteroatoms. The number of carbonyl (C=O) groups is 1. The van der Waals surface area contributed by atoms with Crippen molar-refractivity contribution in [1.29, 1.82) is 0 Å². The Hall–Kier alpha value is -1.35. The Bertz CT molecular complexity index is 418. The minimum Gasteiger partial charge on any atom is -0.480 e. The highest BCUT2D eigenvalue weighted by Gasteiger charge is 2.29. The normalized spacial score (nSPS) is 28.8. The fourth-order valence-electron chi connectivity index (χ4n) is 3.16. The predicted molar refractivity (Wildman–Crippen MR) is 76.2 cm³/mol. The number of benzene rings is 1. The Morgan fingerprint density at radius 1 is 1.26 bits per heavy atom. The Kier molecular flexibility index (Phi) is 4.59. The summed E-state index contributed by atoms with van der Waals surface area (Å²) in [5.74, 6) is 0.412. The molecule has 1 aromatic rings. The van der Waals surface area contributed by atoms with Crippen molar-refractivity contribution in [3.63, 3.8) is 0 Å². The van der Waals surface area contributed by atoms with E-state index in [2.05, 4.69) is 36.5 Å². The molecule has 0 aliphatic heterocycles. The molecule has 4 unspecified atom stereocenters. The van der Waals surface area contributed by atoms with Crippen LogP contribution in [0.2, 0.25) is 0 Å². The van der Waals surface area contributed by atoms with E-state index in [1.165, 1.54) is 12.0 Å². The van der Waals surface area contributed by atoms with Gasteiger partial charge in [0.25, 0.3) is 0 Å². The lowest BCUT2D eigenvalue weighted by atomic mass is 9.76. The summed E-state index contributed by atoms with van der Waals surface area (Å²) in [5, 5.41) is 12.2. The molecule has 3 nitrogen and oxygen atoms in total. The van der Waals surface area contributed by atoms with Crippen LogP contribution in [0.1, 0.15) is 44.6 Å². The van der Waals surface area contributed by atoms with Gasteiger partial charge in [0.1, 0.15) is 6.04 Å². The number of hydrogen-bond donors (Lipinski definition) is 2. The van der Waals surface area contributed by atoms with Crippen molar-refractivity contribution in [3.05, 3.63) is 35.9 Å². The van der Waals surface area contributed by atoms with Gasteiger partial charge in [-0.15, -0.1) is 0 Å². The first-order chi connectivity index (χ1) is 9.06. The first kappa shape index (κ1) is 14.1. The lowest BCUT2D eigenvalue weighted by Crippen LogP contribution is -2.44. The summed E-state index contributed by atoms with van der Waals surface area (Å²) in [4.78, 5) is 10.9. The van der Waals surface area contributed by atoms with Gasteiger partial charge >= 0.3 is 5.97 Å². The highest BCUT2D eigenvalue weighted by atomic mass is 16.4. The van der Waals surface area contributed by atoms with E-state index in [0.29, 0.717) is 17.9 Å². The van der Waals surface area contributed by atoms with Crippen LogP contribution in [0.4, 0.5) is 0 Å². The summed E-state index contributed by atoms with van der Waals surface area (Å²) >= 11 is 0. The number of aliphatic carboxylic acids is 1. The number of carboxylic acid groups (broad SMARTS) is 1. The first-order valence-corrected chi connectivity index (χ1v) is 7.10. The summed E-state index contributed by atoms with van der Waals surface area (Å²) < 4.78 is 0. The third-order valence-electron chi connectivity index (χ3n) is 4.07.